The van der Waals surface area contributed by atoms with Crippen molar-refractivity contribution >= 4 is 33.2 Å². The predicted octanol–water partition coefficient (Wildman–Crippen LogP) is 2.56. The fourth-order valence-corrected chi connectivity index (χ4v) is 5.56. The van der Waals surface area contributed by atoms with Gasteiger partial charge in [0.1, 0.15) is 12.6 Å². The van der Waals surface area contributed by atoms with Crippen LogP contribution in [0.25, 0.3) is 0 Å². The van der Waals surface area contributed by atoms with E-state index in [-0.39, 0.29) is 35.2 Å². The Kier molecular flexibility index (Phi) is 6.95. The quantitative estimate of drug-likeness (QED) is 0.652. The summed E-state index contributed by atoms with van der Waals surface area (Å²) in [6.45, 7) is 3.07. The van der Waals surface area contributed by atoms with Gasteiger partial charge in [-0.2, -0.15) is 0 Å². The second-order valence-corrected chi connectivity index (χ2v) is 11.3. The summed E-state index contributed by atoms with van der Waals surface area (Å²) in [6, 6.07) is 14.5. The van der Waals surface area contributed by atoms with Crippen molar-refractivity contribution in [3.8, 4) is 0 Å². The topological polar surface area (TPSA) is 90.0 Å². The van der Waals surface area contributed by atoms with E-state index in [1.165, 1.54) is 25.1 Å². The molecule has 2 amide bonds. The summed E-state index contributed by atoms with van der Waals surface area (Å²) in [5.74, 6) is -0.301. The van der Waals surface area contributed by atoms with Gasteiger partial charge in [0, 0.05) is 27.2 Å². The molecule has 182 valence electrons. The highest BCUT2D eigenvalue weighted by Crippen LogP contribution is 2.40. The molecule has 2 aromatic carbocycles. The van der Waals surface area contributed by atoms with Crippen LogP contribution in [0.2, 0.25) is 0 Å². The van der Waals surface area contributed by atoms with Crippen molar-refractivity contribution in [2.45, 2.75) is 43.0 Å². The van der Waals surface area contributed by atoms with Gasteiger partial charge in [-0.1, -0.05) is 37.3 Å². The summed E-state index contributed by atoms with van der Waals surface area (Å²) in [7, 11) is -0.741. The van der Waals surface area contributed by atoms with Crippen LogP contribution in [0.1, 0.15) is 37.7 Å². The van der Waals surface area contributed by atoms with Crippen LogP contribution in [0.4, 0.5) is 11.4 Å². The van der Waals surface area contributed by atoms with Crippen molar-refractivity contribution < 1.29 is 18.0 Å². The van der Waals surface area contributed by atoms with Crippen molar-refractivity contribution in [1.82, 2.24) is 9.62 Å². The lowest BCUT2D eigenvalue weighted by Gasteiger charge is -2.45. The lowest BCUT2D eigenvalue weighted by atomic mass is 9.96. The van der Waals surface area contributed by atoms with Crippen molar-refractivity contribution in [3.05, 3.63) is 54.1 Å². The molecule has 8 nitrogen and oxygen atoms in total. The van der Waals surface area contributed by atoms with E-state index >= 15 is 0 Å². The van der Waals surface area contributed by atoms with Crippen LogP contribution in [-0.4, -0.2) is 64.3 Å². The Morgan fingerprint density at radius 3 is 2.56 bits per heavy atom. The average Bonchev–Trinajstić information content (AvgIpc) is 2.85. The summed E-state index contributed by atoms with van der Waals surface area (Å²) in [5.41, 5.74) is 2.39. The molecule has 1 saturated heterocycles. The number of sulfonamides is 1. The number of piperidine rings is 1. The SMILES string of the molecule is C[C@H](CNC(=O)CN1C(=O)[C@@H]2CCCCN2c2ccc(S(=O)(=O)N(C)C)cc21)c1ccccc1. The predicted molar refractivity (Wildman–Crippen MR) is 133 cm³/mol. The van der Waals surface area contributed by atoms with E-state index in [1.807, 2.05) is 37.3 Å². The van der Waals surface area contributed by atoms with Crippen LogP contribution in [0.15, 0.2) is 53.4 Å². The molecule has 2 aliphatic heterocycles. The molecule has 0 aliphatic carbocycles. The number of hydrogen-bond donors (Lipinski definition) is 1. The molecule has 2 heterocycles. The molecule has 0 spiro atoms. The Morgan fingerprint density at radius 2 is 1.85 bits per heavy atom. The Balaban J connectivity index is 1.59. The maximum absolute atomic E-state index is 13.5. The summed E-state index contributed by atoms with van der Waals surface area (Å²) in [5, 5.41) is 2.94. The highest BCUT2D eigenvalue weighted by atomic mass is 32.2. The number of nitrogens with one attached hydrogen (secondary N) is 1. The maximum Gasteiger partial charge on any atom is 0.250 e. The Morgan fingerprint density at radius 1 is 1.12 bits per heavy atom. The zero-order valence-corrected chi connectivity index (χ0v) is 20.7. The van der Waals surface area contributed by atoms with Crippen LogP contribution < -0.4 is 15.1 Å². The van der Waals surface area contributed by atoms with Gasteiger partial charge in [-0.15, -0.1) is 0 Å². The minimum atomic E-state index is -3.68. The van der Waals surface area contributed by atoms with Crippen LogP contribution in [0.3, 0.4) is 0 Å². The molecule has 0 unspecified atom stereocenters. The Labute approximate surface area is 201 Å². The average molecular weight is 485 g/mol. The van der Waals surface area contributed by atoms with Gasteiger partial charge in [-0.25, -0.2) is 12.7 Å². The second-order valence-electron chi connectivity index (χ2n) is 9.18. The van der Waals surface area contributed by atoms with Crippen molar-refractivity contribution in [2.24, 2.45) is 0 Å². The minimum absolute atomic E-state index is 0.0996. The van der Waals surface area contributed by atoms with E-state index in [9.17, 15) is 18.0 Å². The fourth-order valence-electron chi connectivity index (χ4n) is 4.64. The third kappa shape index (κ3) is 4.67. The standard InChI is InChI=1S/C25H32N4O4S/c1-18(19-9-5-4-6-10-19)16-26-24(30)17-29-23-15-20(34(32,33)27(2)3)12-13-21(23)28-14-8-7-11-22(28)25(29)31/h4-6,9-10,12-13,15,18,22H,7-8,11,14,16-17H2,1-3H3,(H,26,30)/t18-,22+/m1/s1. The van der Waals surface area contributed by atoms with E-state index in [0.717, 1.165) is 41.4 Å². The molecular weight excluding hydrogens is 452 g/mol. The van der Waals surface area contributed by atoms with Gasteiger partial charge >= 0.3 is 0 Å². The number of benzene rings is 2. The van der Waals surface area contributed by atoms with E-state index in [2.05, 4.69) is 10.2 Å². The largest absolute Gasteiger partial charge is 0.358 e. The van der Waals surface area contributed by atoms with Crippen LogP contribution in [-0.2, 0) is 19.6 Å². The van der Waals surface area contributed by atoms with Crippen LogP contribution in [0, 0.1) is 0 Å². The van der Waals surface area contributed by atoms with Gasteiger partial charge in [0.2, 0.25) is 21.8 Å². The first-order valence-electron chi connectivity index (χ1n) is 11.7. The molecule has 4 rings (SSSR count). The van der Waals surface area contributed by atoms with E-state index in [0.29, 0.717) is 12.2 Å². The third-order valence-electron chi connectivity index (χ3n) is 6.66. The van der Waals surface area contributed by atoms with Crippen molar-refractivity contribution in [1.29, 1.82) is 0 Å². The molecule has 1 N–H and O–H groups in total. The lowest BCUT2D eigenvalue weighted by Crippen LogP contribution is -2.57. The van der Waals surface area contributed by atoms with Gasteiger partial charge in [0.25, 0.3) is 0 Å². The number of rotatable bonds is 7. The van der Waals surface area contributed by atoms with E-state index in [4.69, 9.17) is 0 Å². The zero-order chi connectivity index (χ0) is 24.5. The monoisotopic (exact) mass is 484 g/mol. The van der Waals surface area contributed by atoms with Gasteiger partial charge in [0.15, 0.2) is 0 Å². The van der Waals surface area contributed by atoms with Gasteiger partial charge < -0.3 is 10.2 Å². The molecule has 0 saturated carbocycles. The molecule has 2 atom stereocenters. The number of nitrogens with zero attached hydrogens (tertiary/aromatic N) is 3. The molecule has 1 fully saturated rings. The number of anilines is 2. The highest BCUT2D eigenvalue weighted by molar-refractivity contribution is 7.89. The van der Waals surface area contributed by atoms with Gasteiger partial charge in [0.05, 0.1) is 16.3 Å². The summed E-state index contributed by atoms with van der Waals surface area (Å²) >= 11 is 0. The number of amides is 2. The summed E-state index contributed by atoms with van der Waals surface area (Å²) in [6.07, 6.45) is 2.64. The summed E-state index contributed by atoms with van der Waals surface area (Å²) in [4.78, 5) is 30.0. The van der Waals surface area contributed by atoms with Crippen molar-refractivity contribution in [2.75, 3.05) is 43.5 Å². The molecule has 9 heteroatoms. The third-order valence-corrected chi connectivity index (χ3v) is 8.47. The van der Waals surface area contributed by atoms with Gasteiger partial charge in [-0.3, -0.25) is 14.5 Å². The lowest BCUT2D eigenvalue weighted by molar-refractivity contribution is -0.125. The molecule has 34 heavy (non-hydrogen) atoms. The smallest absolute Gasteiger partial charge is 0.250 e. The van der Waals surface area contributed by atoms with E-state index in [1.54, 1.807) is 12.1 Å². The minimum Gasteiger partial charge on any atom is -0.358 e. The highest BCUT2D eigenvalue weighted by Gasteiger charge is 2.40. The number of fused-ring (bicyclic) bond motifs is 3. The van der Waals surface area contributed by atoms with E-state index < -0.39 is 10.0 Å². The second kappa shape index (κ2) is 9.76. The first kappa shape index (κ1) is 24.2. The number of hydrogen-bond acceptors (Lipinski definition) is 5. The molecule has 0 radical (unpaired) electrons. The fraction of sp³-hybridized carbons (Fsp3) is 0.440. The van der Waals surface area contributed by atoms with Crippen LogP contribution in [0.5, 0.6) is 0 Å². The van der Waals surface area contributed by atoms with Crippen LogP contribution >= 0.6 is 0 Å². The van der Waals surface area contributed by atoms with Gasteiger partial charge in [-0.05, 0) is 48.9 Å². The number of carbonyl (C=O) groups excluding carboxylic acids is 2. The maximum atomic E-state index is 13.5. The first-order valence-corrected chi connectivity index (χ1v) is 13.1. The number of carbonyl (C=O) groups is 2. The van der Waals surface area contributed by atoms with Crippen molar-refractivity contribution in [3.63, 3.8) is 0 Å². The molecule has 0 bridgehead atoms. The first-order chi connectivity index (χ1) is 16.2. The molecule has 2 aliphatic rings. The Bertz CT molecular complexity index is 1170. The molecule has 0 aromatic heterocycles. The normalized spacial score (nSPS) is 18.9. The molecule has 2 aromatic rings. The zero-order valence-electron chi connectivity index (χ0n) is 19.9. The summed E-state index contributed by atoms with van der Waals surface area (Å²) < 4.78 is 26.6. The molecular formula is C25H32N4O4S. The Hall–Kier alpha value is -2.91.